The SMILES string of the molecule is CCC(=O)NC.Oc1c(O)c2c(c(C3CC3(O)O)c1O)CCO2. The number of fused-ring (bicyclic) bond motifs is 1. The lowest BCUT2D eigenvalue weighted by Gasteiger charge is -2.13. The van der Waals surface area contributed by atoms with Crippen LogP contribution >= 0.6 is 0 Å². The second kappa shape index (κ2) is 6.13. The quantitative estimate of drug-likeness (QED) is 0.333. The lowest BCUT2D eigenvalue weighted by molar-refractivity contribution is -0.120. The van der Waals surface area contributed by atoms with Gasteiger partial charge in [-0.2, -0.15) is 0 Å². The Morgan fingerprint density at radius 2 is 1.87 bits per heavy atom. The molecule has 0 bridgehead atoms. The van der Waals surface area contributed by atoms with Gasteiger partial charge < -0.3 is 35.6 Å². The highest BCUT2D eigenvalue weighted by molar-refractivity contribution is 5.75. The first-order chi connectivity index (χ1) is 10.7. The summed E-state index contributed by atoms with van der Waals surface area (Å²) in [6.45, 7) is 2.15. The van der Waals surface area contributed by atoms with Gasteiger partial charge in [-0.15, -0.1) is 0 Å². The summed E-state index contributed by atoms with van der Waals surface area (Å²) in [5.74, 6) is -3.96. The van der Waals surface area contributed by atoms with Crippen molar-refractivity contribution in [3.63, 3.8) is 0 Å². The predicted molar refractivity (Wildman–Crippen MR) is 79.5 cm³/mol. The molecule has 1 fully saturated rings. The third kappa shape index (κ3) is 3.13. The molecule has 0 spiro atoms. The lowest BCUT2D eigenvalue weighted by atomic mass is 9.98. The molecule has 1 aromatic carbocycles. The third-order valence-electron chi connectivity index (χ3n) is 3.97. The summed E-state index contributed by atoms with van der Waals surface area (Å²) >= 11 is 0. The summed E-state index contributed by atoms with van der Waals surface area (Å²) in [6.07, 6.45) is 1.13. The Morgan fingerprint density at radius 1 is 1.26 bits per heavy atom. The third-order valence-corrected chi connectivity index (χ3v) is 3.97. The van der Waals surface area contributed by atoms with E-state index in [0.29, 0.717) is 25.0 Å². The molecule has 0 radical (unpaired) electrons. The van der Waals surface area contributed by atoms with Crippen LogP contribution in [0.15, 0.2) is 0 Å². The number of rotatable bonds is 2. The van der Waals surface area contributed by atoms with Crippen molar-refractivity contribution in [1.82, 2.24) is 5.32 Å². The molecule has 1 aliphatic heterocycles. The van der Waals surface area contributed by atoms with Crippen LogP contribution in [0.25, 0.3) is 0 Å². The van der Waals surface area contributed by atoms with Gasteiger partial charge >= 0.3 is 0 Å². The Balaban J connectivity index is 0.000000277. The fraction of sp³-hybridized carbons (Fsp3) is 0.533. The maximum Gasteiger partial charge on any atom is 0.219 e. The highest BCUT2D eigenvalue weighted by Gasteiger charge is 2.55. The second-order valence-electron chi connectivity index (χ2n) is 5.53. The smallest absolute Gasteiger partial charge is 0.219 e. The van der Waals surface area contributed by atoms with Gasteiger partial charge in [-0.05, 0) is 0 Å². The minimum Gasteiger partial charge on any atom is -0.504 e. The van der Waals surface area contributed by atoms with Gasteiger partial charge in [0.05, 0.1) is 6.61 Å². The lowest BCUT2D eigenvalue weighted by Crippen LogP contribution is -2.15. The fourth-order valence-electron chi connectivity index (χ4n) is 2.54. The zero-order chi connectivity index (χ0) is 17.4. The van der Waals surface area contributed by atoms with Crippen LogP contribution in [0.2, 0.25) is 0 Å². The van der Waals surface area contributed by atoms with Crippen molar-refractivity contribution in [3.8, 4) is 23.0 Å². The van der Waals surface area contributed by atoms with E-state index >= 15 is 0 Å². The first-order valence-corrected chi connectivity index (χ1v) is 7.32. The van der Waals surface area contributed by atoms with Crippen molar-refractivity contribution in [2.75, 3.05) is 13.7 Å². The summed E-state index contributed by atoms with van der Waals surface area (Å²) in [5, 5.41) is 50.3. The van der Waals surface area contributed by atoms with Gasteiger partial charge in [-0.3, -0.25) is 4.79 Å². The zero-order valence-corrected chi connectivity index (χ0v) is 13.0. The second-order valence-corrected chi connectivity index (χ2v) is 5.53. The molecular weight excluding hydrogens is 306 g/mol. The predicted octanol–water partition coefficient (Wildman–Crippen LogP) is 0.0489. The molecule has 128 valence electrons. The highest BCUT2D eigenvalue weighted by Crippen LogP contribution is 2.59. The molecule has 8 heteroatoms. The molecule has 0 aromatic heterocycles. The summed E-state index contributed by atoms with van der Waals surface area (Å²) in [7, 11) is 1.63. The molecule has 1 heterocycles. The van der Waals surface area contributed by atoms with E-state index < -0.39 is 29.0 Å². The maximum atomic E-state index is 10.1. The number of aliphatic hydroxyl groups is 2. The van der Waals surface area contributed by atoms with E-state index in [4.69, 9.17) is 4.74 Å². The number of nitrogens with one attached hydrogen (secondary N) is 1. The molecule has 1 aromatic rings. The Labute approximate surface area is 133 Å². The first kappa shape index (κ1) is 17.2. The van der Waals surface area contributed by atoms with Crippen LogP contribution in [0.3, 0.4) is 0 Å². The van der Waals surface area contributed by atoms with Crippen LogP contribution in [0.4, 0.5) is 0 Å². The number of phenols is 3. The monoisotopic (exact) mass is 327 g/mol. The summed E-state index contributed by atoms with van der Waals surface area (Å²) < 4.78 is 5.17. The van der Waals surface area contributed by atoms with Gasteiger partial charge in [-0.25, -0.2) is 0 Å². The first-order valence-electron chi connectivity index (χ1n) is 7.32. The van der Waals surface area contributed by atoms with Crippen molar-refractivity contribution >= 4 is 5.91 Å². The molecule has 8 nitrogen and oxygen atoms in total. The normalized spacial score (nSPS) is 19.9. The standard InChI is InChI=1S/C11H12O6.C4H9NO/c12-7-6(5-3-11(5,15)16)4-1-2-17-10(4)9(14)8(7)13;1-3-4(6)5-2/h5,12-16H,1-3H2;3H2,1-2H3,(H,5,6). The number of phenolic OH excluding ortho intramolecular Hbond substituents is 3. The average Bonchev–Trinajstić information content (AvgIpc) is 2.92. The van der Waals surface area contributed by atoms with E-state index in [-0.39, 0.29) is 23.6 Å². The number of hydrogen-bond acceptors (Lipinski definition) is 7. The van der Waals surface area contributed by atoms with Gasteiger partial charge in [0, 0.05) is 43.4 Å². The van der Waals surface area contributed by atoms with Crippen molar-refractivity contribution in [1.29, 1.82) is 0 Å². The molecule has 23 heavy (non-hydrogen) atoms. The topological polar surface area (TPSA) is 139 Å². The van der Waals surface area contributed by atoms with E-state index in [0.717, 1.165) is 0 Å². The van der Waals surface area contributed by atoms with Crippen molar-refractivity contribution in [2.24, 2.45) is 0 Å². The number of hydrogen-bond donors (Lipinski definition) is 6. The van der Waals surface area contributed by atoms with Gasteiger partial charge in [0.15, 0.2) is 17.3 Å². The molecule has 1 atom stereocenters. The molecule has 1 amide bonds. The van der Waals surface area contributed by atoms with Crippen LogP contribution in [0.1, 0.15) is 36.8 Å². The number of ether oxygens (including phenoxy) is 1. The Kier molecular flexibility index (Phi) is 4.58. The van der Waals surface area contributed by atoms with Crippen LogP contribution in [0.5, 0.6) is 23.0 Å². The van der Waals surface area contributed by atoms with E-state index in [1.54, 1.807) is 7.05 Å². The molecule has 1 aliphatic carbocycles. The van der Waals surface area contributed by atoms with Gasteiger partial charge in [-0.1, -0.05) is 6.92 Å². The Morgan fingerprint density at radius 3 is 2.30 bits per heavy atom. The van der Waals surface area contributed by atoms with Gasteiger partial charge in [0.25, 0.3) is 0 Å². The molecule has 1 unspecified atom stereocenters. The molecule has 0 saturated heterocycles. The molecule has 2 aliphatic rings. The molecule has 6 N–H and O–H groups in total. The van der Waals surface area contributed by atoms with Crippen LogP contribution in [-0.4, -0.2) is 50.9 Å². The summed E-state index contributed by atoms with van der Waals surface area (Å²) in [5.41, 5.74) is 0.797. The van der Waals surface area contributed by atoms with E-state index in [1.165, 1.54) is 0 Å². The number of carbonyl (C=O) groups is 1. The highest BCUT2D eigenvalue weighted by atomic mass is 16.5. The Hall–Kier alpha value is -2.19. The van der Waals surface area contributed by atoms with Crippen molar-refractivity contribution in [3.05, 3.63) is 11.1 Å². The van der Waals surface area contributed by atoms with Gasteiger partial charge in [0.2, 0.25) is 17.4 Å². The minimum atomic E-state index is -1.85. The number of benzene rings is 1. The molecule has 1 saturated carbocycles. The van der Waals surface area contributed by atoms with Crippen LogP contribution < -0.4 is 10.1 Å². The zero-order valence-electron chi connectivity index (χ0n) is 13.0. The average molecular weight is 327 g/mol. The number of amides is 1. The summed E-state index contributed by atoms with van der Waals surface area (Å²) in [6, 6.07) is 0. The number of carbonyl (C=O) groups excluding carboxylic acids is 1. The number of aromatic hydroxyl groups is 3. The molecule has 3 rings (SSSR count). The van der Waals surface area contributed by atoms with Crippen molar-refractivity contribution in [2.45, 2.75) is 37.9 Å². The summed E-state index contributed by atoms with van der Waals surface area (Å²) in [4.78, 5) is 10.1. The van der Waals surface area contributed by atoms with E-state index in [1.807, 2.05) is 6.92 Å². The van der Waals surface area contributed by atoms with E-state index in [2.05, 4.69) is 5.32 Å². The van der Waals surface area contributed by atoms with Crippen LogP contribution in [-0.2, 0) is 11.2 Å². The molecular formula is C15H21NO7. The van der Waals surface area contributed by atoms with Crippen LogP contribution in [0, 0.1) is 0 Å². The maximum absolute atomic E-state index is 10.1. The van der Waals surface area contributed by atoms with Gasteiger partial charge in [0.1, 0.15) is 0 Å². The minimum absolute atomic E-state index is 0.0926. The fourth-order valence-corrected chi connectivity index (χ4v) is 2.54. The largest absolute Gasteiger partial charge is 0.504 e. The van der Waals surface area contributed by atoms with E-state index in [9.17, 15) is 30.3 Å². The Bertz CT molecular complexity index is 621. The van der Waals surface area contributed by atoms with Crippen molar-refractivity contribution < 1.29 is 35.1 Å².